The highest BCUT2D eigenvalue weighted by Crippen LogP contribution is 2.30. The zero-order valence-electron chi connectivity index (χ0n) is 17.5. The van der Waals surface area contributed by atoms with Crippen molar-refractivity contribution >= 4 is 23.4 Å². The van der Waals surface area contributed by atoms with E-state index in [1.54, 1.807) is 11.9 Å². The van der Waals surface area contributed by atoms with Gasteiger partial charge < -0.3 is 19.5 Å². The Bertz CT molecular complexity index is 651. The van der Waals surface area contributed by atoms with Crippen molar-refractivity contribution < 1.29 is 24.2 Å². The summed E-state index contributed by atoms with van der Waals surface area (Å²) in [7, 11) is 1.69. The van der Waals surface area contributed by atoms with Crippen molar-refractivity contribution in [3.05, 3.63) is 15.6 Å². The SMILES string of the molecule is CC(=O)OCc1nc([C@H](O)C[C@H](C(C)C)N(C)C(=O)OC(C)(C)C)sc1C. The fraction of sp³-hybridized carbons (Fsp3) is 0.737. The molecular weight excluding hydrogens is 368 g/mol. The van der Waals surface area contributed by atoms with Crippen LogP contribution in [0.4, 0.5) is 4.79 Å². The summed E-state index contributed by atoms with van der Waals surface area (Å²) in [6.45, 7) is 12.8. The first-order valence-corrected chi connectivity index (χ1v) is 9.87. The Balaban J connectivity index is 2.86. The molecule has 0 bridgehead atoms. The Morgan fingerprint density at radius 1 is 1.30 bits per heavy atom. The molecule has 0 saturated carbocycles. The minimum Gasteiger partial charge on any atom is -0.459 e. The van der Waals surface area contributed by atoms with E-state index < -0.39 is 17.8 Å². The van der Waals surface area contributed by atoms with Crippen LogP contribution in [-0.2, 0) is 20.9 Å². The number of aliphatic hydroxyl groups excluding tert-OH is 1. The number of aromatic nitrogens is 1. The summed E-state index contributed by atoms with van der Waals surface area (Å²) in [6.07, 6.45) is -0.899. The summed E-state index contributed by atoms with van der Waals surface area (Å²) < 4.78 is 10.4. The third kappa shape index (κ3) is 7.46. The zero-order chi connectivity index (χ0) is 20.9. The van der Waals surface area contributed by atoms with E-state index in [4.69, 9.17) is 9.47 Å². The zero-order valence-corrected chi connectivity index (χ0v) is 18.3. The van der Waals surface area contributed by atoms with Gasteiger partial charge in [-0.2, -0.15) is 0 Å². The van der Waals surface area contributed by atoms with Crippen molar-refractivity contribution in [2.75, 3.05) is 7.05 Å². The van der Waals surface area contributed by atoms with Crippen molar-refractivity contribution in [3.63, 3.8) is 0 Å². The van der Waals surface area contributed by atoms with Crippen molar-refractivity contribution in [2.45, 2.75) is 79.2 Å². The maximum absolute atomic E-state index is 12.4. The number of esters is 1. The maximum Gasteiger partial charge on any atom is 0.410 e. The Morgan fingerprint density at radius 3 is 2.37 bits per heavy atom. The average molecular weight is 401 g/mol. The molecule has 0 fully saturated rings. The Labute approximate surface area is 165 Å². The molecule has 1 heterocycles. The molecule has 0 aliphatic heterocycles. The van der Waals surface area contributed by atoms with E-state index in [0.29, 0.717) is 17.1 Å². The van der Waals surface area contributed by atoms with Crippen molar-refractivity contribution in [2.24, 2.45) is 5.92 Å². The molecule has 1 aromatic rings. The van der Waals surface area contributed by atoms with Crippen LogP contribution in [0.2, 0.25) is 0 Å². The van der Waals surface area contributed by atoms with Gasteiger partial charge in [0.2, 0.25) is 0 Å². The number of aryl methyl sites for hydroxylation is 1. The van der Waals surface area contributed by atoms with Crippen LogP contribution in [0.15, 0.2) is 0 Å². The van der Waals surface area contributed by atoms with E-state index in [2.05, 4.69) is 4.98 Å². The second-order valence-corrected chi connectivity index (χ2v) is 9.22. The minimum absolute atomic E-state index is 0.0931. The normalized spacial score (nSPS) is 14.0. The number of hydrogen-bond donors (Lipinski definition) is 1. The van der Waals surface area contributed by atoms with Crippen LogP contribution >= 0.6 is 11.3 Å². The predicted octanol–water partition coefficient (Wildman–Crippen LogP) is 3.83. The highest BCUT2D eigenvalue weighted by atomic mass is 32.1. The van der Waals surface area contributed by atoms with Gasteiger partial charge in [0.15, 0.2) is 0 Å². The molecule has 7 nitrogen and oxygen atoms in total. The van der Waals surface area contributed by atoms with Crippen molar-refractivity contribution in [1.82, 2.24) is 9.88 Å². The number of thiazole rings is 1. The fourth-order valence-corrected chi connectivity index (χ4v) is 3.50. The molecule has 0 saturated heterocycles. The number of nitrogens with zero attached hydrogens (tertiary/aromatic N) is 2. The standard InChI is InChI=1S/C19H32N2O5S/c1-11(2)15(21(8)18(24)26-19(5,6)7)9-16(23)17-20-14(12(3)27-17)10-25-13(4)22/h11,15-16,23H,9-10H2,1-8H3/t15-,16-/m1/s1. The first-order chi connectivity index (χ1) is 12.3. The van der Waals surface area contributed by atoms with Gasteiger partial charge in [-0.15, -0.1) is 11.3 Å². The molecule has 0 aliphatic rings. The van der Waals surface area contributed by atoms with Crippen LogP contribution in [0, 0.1) is 12.8 Å². The number of hydrogen-bond acceptors (Lipinski definition) is 7. The highest BCUT2D eigenvalue weighted by Gasteiger charge is 2.30. The quantitative estimate of drug-likeness (QED) is 0.700. The smallest absolute Gasteiger partial charge is 0.410 e. The molecule has 0 aromatic carbocycles. The minimum atomic E-state index is -0.822. The van der Waals surface area contributed by atoms with Gasteiger partial charge in [-0.3, -0.25) is 4.79 Å². The van der Waals surface area contributed by atoms with Gasteiger partial charge in [-0.1, -0.05) is 13.8 Å². The van der Waals surface area contributed by atoms with Crippen molar-refractivity contribution in [1.29, 1.82) is 0 Å². The lowest BCUT2D eigenvalue weighted by Crippen LogP contribution is -2.44. The van der Waals surface area contributed by atoms with E-state index in [9.17, 15) is 14.7 Å². The van der Waals surface area contributed by atoms with Crippen LogP contribution in [0.1, 0.15) is 69.6 Å². The lowest BCUT2D eigenvalue weighted by atomic mass is 9.97. The summed E-state index contributed by atoms with van der Waals surface area (Å²) in [5, 5.41) is 11.2. The lowest BCUT2D eigenvalue weighted by Gasteiger charge is -2.34. The highest BCUT2D eigenvalue weighted by molar-refractivity contribution is 7.11. The number of ether oxygens (including phenoxy) is 2. The van der Waals surface area contributed by atoms with E-state index in [1.807, 2.05) is 41.5 Å². The molecule has 0 radical (unpaired) electrons. The molecule has 27 heavy (non-hydrogen) atoms. The molecule has 0 spiro atoms. The molecule has 1 aromatic heterocycles. The number of carbonyl (C=O) groups excluding carboxylic acids is 2. The monoisotopic (exact) mass is 400 g/mol. The van der Waals surface area contributed by atoms with Crippen LogP contribution < -0.4 is 0 Å². The largest absolute Gasteiger partial charge is 0.459 e. The third-order valence-corrected chi connectivity index (χ3v) is 5.13. The summed E-state index contributed by atoms with van der Waals surface area (Å²) in [4.78, 5) is 30.2. The third-order valence-electron chi connectivity index (χ3n) is 4.02. The molecule has 154 valence electrons. The van der Waals surface area contributed by atoms with Gasteiger partial charge in [0.25, 0.3) is 0 Å². The molecule has 0 aliphatic carbocycles. The predicted molar refractivity (Wildman–Crippen MR) is 105 cm³/mol. The average Bonchev–Trinajstić information content (AvgIpc) is 2.88. The van der Waals surface area contributed by atoms with E-state index in [0.717, 1.165) is 4.88 Å². The summed E-state index contributed by atoms with van der Waals surface area (Å²) in [5.41, 5.74) is 0.0645. The summed E-state index contributed by atoms with van der Waals surface area (Å²) >= 11 is 1.37. The second kappa shape index (κ2) is 9.50. The lowest BCUT2D eigenvalue weighted by molar-refractivity contribution is -0.142. The van der Waals surface area contributed by atoms with Gasteiger partial charge in [0.05, 0.1) is 5.69 Å². The van der Waals surface area contributed by atoms with Crippen LogP contribution in [0.3, 0.4) is 0 Å². The molecule has 1 amide bonds. The van der Waals surface area contributed by atoms with Crippen LogP contribution in [0.5, 0.6) is 0 Å². The van der Waals surface area contributed by atoms with Crippen molar-refractivity contribution in [3.8, 4) is 0 Å². The Hall–Kier alpha value is -1.67. The van der Waals surface area contributed by atoms with E-state index in [-0.39, 0.29) is 24.5 Å². The van der Waals surface area contributed by atoms with E-state index >= 15 is 0 Å². The topological polar surface area (TPSA) is 89.0 Å². The number of aliphatic hydroxyl groups is 1. The first-order valence-electron chi connectivity index (χ1n) is 9.05. The molecular formula is C19H32N2O5S. The number of amides is 1. The van der Waals surface area contributed by atoms with Gasteiger partial charge in [0, 0.05) is 31.3 Å². The van der Waals surface area contributed by atoms with Crippen LogP contribution in [-0.4, -0.2) is 45.7 Å². The number of carbonyl (C=O) groups is 2. The Kier molecular flexibility index (Phi) is 8.23. The summed E-state index contributed by atoms with van der Waals surface area (Å²) in [5.74, 6) is -0.248. The molecule has 8 heteroatoms. The first kappa shape index (κ1) is 23.4. The van der Waals surface area contributed by atoms with Gasteiger partial charge in [-0.25, -0.2) is 9.78 Å². The molecule has 1 rings (SSSR count). The van der Waals surface area contributed by atoms with Crippen LogP contribution in [0.25, 0.3) is 0 Å². The fourth-order valence-electron chi connectivity index (χ4n) is 2.57. The van der Waals surface area contributed by atoms with Gasteiger partial charge >= 0.3 is 12.1 Å². The number of rotatable bonds is 7. The molecule has 2 atom stereocenters. The second-order valence-electron chi connectivity index (χ2n) is 7.99. The molecule has 0 unspecified atom stereocenters. The maximum atomic E-state index is 12.4. The summed E-state index contributed by atoms with van der Waals surface area (Å²) in [6, 6.07) is -0.212. The Morgan fingerprint density at radius 2 is 1.89 bits per heavy atom. The van der Waals surface area contributed by atoms with Gasteiger partial charge in [-0.05, 0) is 33.6 Å². The molecule has 1 N–H and O–H groups in total. The van der Waals surface area contributed by atoms with E-state index in [1.165, 1.54) is 18.3 Å². The van der Waals surface area contributed by atoms with Gasteiger partial charge in [0.1, 0.15) is 23.3 Å².